The van der Waals surface area contributed by atoms with Gasteiger partial charge in [0.1, 0.15) is 0 Å². The Morgan fingerprint density at radius 3 is 1.10 bits per heavy atom. The third kappa shape index (κ3) is 11.0. The Morgan fingerprint density at radius 2 is 1.10 bits per heavy atom. The summed E-state index contributed by atoms with van der Waals surface area (Å²) < 4.78 is 0. The van der Waals surface area contributed by atoms with Gasteiger partial charge in [0.2, 0.25) is 0 Å². The summed E-state index contributed by atoms with van der Waals surface area (Å²) in [5.74, 6) is 0. The van der Waals surface area contributed by atoms with E-state index in [0.29, 0.717) is 15.1 Å². The molecule has 0 bridgehead atoms. The van der Waals surface area contributed by atoms with Crippen LogP contribution in [0.15, 0.2) is 0 Å². The highest BCUT2D eigenvalue weighted by molar-refractivity contribution is 6.31. The molecular weight excluding hydrogens is 138 g/mol. The number of hydrogen-bond acceptors (Lipinski definition) is 1. The minimum Gasteiger partial charge on any atom is -0.305 e. The van der Waals surface area contributed by atoms with Crippen LogP contribution in [0, 0.1) is 0 Å². The molecule has 1 nitrogen and oxygen atoms in total. The summed E-state index contributed by atoms with van der Waals surface area (Å²) in [6, 6.07) is 0. The van der Waals surface area contributed by atoms with Crippen molar-refractivity contribution in [1.29, 1.82) is 0 Å². The van der Waals surface area contributed by atoms with Gasteiger partial charge in [-0.25, -0.2) is 0 Å². The molecule has 0 heterocycles. The highest BCUT2D eigenvalue weighted by Gasteiger charge is 2.10. The fraction of sp³-hybridized carbons (Fsp3) is 1.00. The second-order valence-electron chi connectivity index (χ2n) is 3.77. The molecule has 0 aliphatic rings. The van der Waals surface area contributed by atoms with E-state index >= 15 is 0 Å². The van der Waals surface area contributed by atoms with Crippen LogP contribution in [0.3, 0.4) is 0 Å². The van der Waals surface area contributed by atoms with E-state index < -0.39 is 0 Å². The van der Waals surface area contributed by atoms with E-state index in [0.717, 1.165) is 0 Å². The van der Waals surface area contributed by atoms with Gasteiger partial charge in [-0.05, 0) is 34.9 Å². The summed E-state index contributed by atoms with van der Waals surface area (Å²) in [5.41, 5.74) is 0.333. The molecule has 0 N–H and O–H groups in total. The molecule has 0 spiro atoms. The van der Waals surface area contributed by atoms with Gasteiger partial charge in [-0.1, -0.05) is 13.1 Å². The van der Waals surface area contributed by atoms with Gasteiger partial charge in [0.25, 0.3) is 0 Å². The third-order valence-corrected chi connectivity index (χ3v) is 1.34. The molecule has 0 atom stereocenters. The summed E-state index contributed by atoms with van der Waals surface area (Å²) in [5, 5.41) is 0. The standard InChI is InChI=1S/C6H15N.C2H8Si/c1-6(2,3)7(4)5;1-3-2/h1-5H3;3H2,1-2H3. The van der Waals surface area contributed by atoms with Crippen LogP contribution in [0.5, 0.6) is 0 Å². The van der Waals surface area contributed by atoms with Crippen LogP contribution in [0.25, 0.3) is 0 Å². The van der Waals surface area contributed by atoms with E-state index in [1.165, 1.54) is 0 Å². The molecule has 0 unspecified atom stereocenters. The number of nitrogens with zero attached hydrogens (tertiary/aromatic N) is 1. The van der Waals surface area contributed by atoms with Crippen molar-refractivity contribution in [2.24, 2.45) is 0 Å². The van der Waals surface area contributed by atoms with E-state index in [4.69, 9.17) is 0 Å². The van der Waals surface area contributed by atoms with Crippen LogP contribution in [0.2, 0.25) is 13.1 Å². The first-order valence-corrected chi connectivity index (χ1v) is 6.86. The van der Waals surface area contributed by atoms with Gasteiger partial charge in [-0.3, -0.25) is 0 Å². The average molecular weight is 161 g/mol. The molecule has 0 aromatic heterocycles. The largest absolute Gasteiger partial charge is 0.305 e. The Labute approximate surface area is 68.6 Å². The summed E-state index contributed by atoms with van der Waals surface area (Å²) >= 11 is 0. The molecule has 0 saturated heterocycles. The van der Waals surface area contributed by atoms with Crippen LogP contribution in [-0.2, 0) is 0 Å². The van der Waals surface area contributed by atoms with Gasteiger partial charge < -0.3 is 4.90 Å². The van der Waals surface area contributed by atoms with Gasteiger partial charge in [-0.2, -0.15) is 0 Å². The first kappa shape index (κ1) is 12.8. The molecule has 0 aliphatic carbocycles. The topological polar surface area (TPSA) is 3.24 Å². The zero-order valence-corrected chi connectivity index (χ0v) is 10.1. The zero-order valence-electron chi connectivity index (χ0n) is 8.65. The highest BCUT2D eigenvalue weighted by atomic mass is 28.2. The second-order valence-corrected chi connectivity index (χ2v) is 5.19. The molecule has 0 aromatic rings. The Bertz CT molecular complexity index is 64.1. The van der Waals surface area contributed by atoms with E-state index in [2.05, 4.69) is 52.9 Å². The number of rotatable bonds is 0. The highest BCUT2D eigenvalue weighted by Crippen LogP contribution is 2.05. The summed E-state index contributed by atoms with van der Waals surface area (Å²) in [6.45, 7) is 11.1. The van der Waals surface area contributed by atoms with Crippen molar-refractivity contribution in [1.82, 2.24) is 4.90 Å². The molecule has 0 aromatic carbocycles. The SMILES string of the molecule is CN(C)C(C)(C)C.C[SiH2]C. The Hall–Kier alpha value is 0.177. The van der Waals surface area contributed by atoms with Crippen molar-refractivity contribution < 1.29 is 0 Å². The van der Waals surface area contributed by atoms with Crippen molar-refractivity contribution >= 4 is 9.52 Å². The maximum absolute atomic E-state index is 2.26. The molecular formula is C8H23NSi. The lowest BCUT2D eigenvalue weighted by molar-refractivity contribution is 0.219. The van der Waals surface area contributed by atoms with Gasteiger partial charge in [-0.15, -0.1) is 0 Å². The van der Waals surface area contributed by atoms with Gasteiger partial charge in [0.15, 0.2) is 0 Å². The number of hydrogen-bond donors (Lipinski definition) is 0. The van der Waals surface area contributed by atoms with E-state index in [-0.39, 0.29) is 0 Å². The van der Waals surface area contributed by atoms with Crippen molar-refractivity contribution in [3.63, 3.8) is 0 Å². The predicted molar refractivity (Wildman–Crippen MR) is 53.7 cm³/mol. The van der Waals surface area contributed by atoms with Crippen molar-refractivity contribution in [3.8, 4) is 0 Å². The smallest absolute Gasteiger partial charge is 0.0135 e. The Morgan fingerprint density at radius 1 is 1.00 bits per heavy atom. The lowest BCUT2D eigenvalue weighted by Gasteiger charge is -2.27. The maximum Gasteiger partial charge on any atom is 0.0135 e. The van der Waals surface area contributed by atoms with Crippen LogP contribution >= 0.6 is 0 Å². The van der Waals surface area contributed by atoms with E-state index in [9.17, 15) is 0 Å². The minimum absolute atomic E-state index is 0.333. The van der Waals surface area contributed by atoms with Crippen molar-refractivity contribution in [2.45, 2.75) is 39.4 Å². The lowest BCUT2D eigenvalue weighted by Crippen LogP contribution is -2.34. The zero-order chi connectivity index (χ0) is 8.78. The predicted octanol–water partition coefficient (Wildman–Crippen LogP) is 1.60. The Balaban J connectivity index is 0. The molecule has 2 heteroatoms. The monoisotopic (exact) mass is 161 g/mol. The van der Waals surface area contributed by atoms with Crippen molar-refractivity contribution in [3.05, 3.63) is 0 Å². The van der Waals surface area contributed by atoms with Crippen LogP contribution in [0.1, 0.15) is 20.8 Å². The molecule has 10 heavy (non-hydrogen) atoms. The fourth-order valence-electron chi connectivity index (χ4n) is 0. The van der Waals surface area contributed by atoms with Crippen molar-refractivity contribution in [2.75, 3.05) is 14.1 Å². The van der Waals surface area contributed by atoms with Gasteiger partial charge in [0, 0.05) is 15.1 Å². The second kappa shape index (κ2) is 5.92. The Kier molecular flexibility index (Phi) is 7.59. The van der Waals surface area contributed by atoms with Crippen LogP contribution in [-0.4, -0.2) is 34.1 Å². The van der Waals surface area contributed by atoms with Crippen LogP contribution in [0.4, 0.5) is 0 Å². The van der Waals surface area contributed by atoms with Gasteiger partial charge >= 0.3 is 0 Å². The normalized spacial score (nSPS) is 10.8. The first-order chi connectivity index (χ1) is 4.36. The molecule has 0 rings (SSSR count). The van der Waals surface area contributed by atoms with Crippen LogP contribution < -0.4 is 0 Å². The minimum atomic E-state index is 0.333. The maximum atomic E-state index is 2.26. The fourth-order valence-corrected chi connectivity index (χ4v) is 0. The summed E-state index contributed by atoms with van der Waals surface area (Å²) in [6.07, 6.45) is 0. The lowest BCUT2D eigenvalue weighted by atomic mass is 10.1. The average Bonchev–Trinajstić information content (AvgIpc) is 1.64. The molecule has 0 amide bonds. The van der Waals surface area contributed by atoms with Gasteiger partial charge in [0.05, 0.1) is 0 Å². The van der Waals surface area contributed by atoms with E-state index in [1.54, 1.807) is 0 Å². The summed E-state index contributed by atoms with van der Waals surface area (Å²) in [4.78, 5) is 2.19. The molecule has 0 aliphatic heterocycles. The third-order valence-electron chi connectivity index (χ3n) is 1.34. The summed E-state index contributed by atoms with van der Waals surface area (Å²) in [7, 11) is 4.58. The first-order valence-electron chi connectivity index (χ1n) is 4.03. The molecule has 0 radical (unpaired) electrons. The molecule has 64 valence electrons. The molecule has 0 saturated carbocycles. The van der Waals surface area contributed by atoms with E-state index in [1.807, 2.05) is 0 Å². The molecule has 0 fully saturated rings. The quantitative estimate of drug-likeness (QED) is 0.488.